The van der Waals surface area contributed by atoms with Gasteiger partial charge in [0, 0.05) is 26.2 Å². The third kappa shape index (κ3) is 8.25. The number of aromatic nitrogens is 3. The average Bonchev–Trinajstić information content (AvgIpc) is 3.66. The van der Waals surface area contributed by atoms with Gasteiger partial charge in [-0.2, -0.15) is 31.3 Å². The SMILES string of the molecule is Cn1c(Nc2cc(CNC(=O)C3CCCO3)ccc2C(F)(F)F)nc2cc(C(=O)NC3CCC(C(F)(F)F)CC3)c(OCC(F)F)nc21. The van der Waals surface area contributed by atoms with Crippen molar-refractivity contribution in [3.63, 3.8) is 0 Å². The van der Waals surface area contributed by atoms with Crippen LogP contribution in [0.25, 0.3) is 11.2 Å². The highest BCUT2D eigenvalue weighted by molar-refractivity contribution is 5.99. The van der Waals surface area contributed by atoms with Crippen molar-refractivity contribution in [2.45, 2.75) is 76.0 Å². The van der Waals surface area contributed by atoms with E-state index in [2.05, 4.69) is 25.9 Å². The predicted molar refractivity (Wildman–Crippen MR) is 155 cm³/mol. The molecular formula is C30H32F8N6O4. The first-order valence-electron chi connectivity index (χ1n) is 15.1. The van der Waals surface area contributed by atoms with Gasteiger partial charge in [0.15, 0.2) is 12.3 Å². The number of fused-ring (bicyclic) bond motifs is 1. The number of carbonyl (C=O) groups is 2. The number of imidazole rings is 1. The lowest BCUT2D eigenvalue weighted by Gasteiger charge is -2.30. The summed E-state index contributed by atoms with van der Waals surface area (Å²) in [5.41, 5.74) is -1.49. The molecule has 1 unspecified atom stereocenters. The Morgan fingerprint density at radius 1 is 1.04 bits per heavy atom. The van der Waals surface area contributed by atoms with E-state index in [0.717, 1.165) is 18.6 Å². The fourth-order valence-electron chi connectivity index (χ4n) is 5.71. The highest BCUT2D eigenvalue weighted by Gasteiger charge is 2.42. The van der Waals surface area contributed by atoms with Crippen LogP contribution in [0.2, 0.25) is 0 Å². The van der Waals surface area contributed by atoms with Crippen molar-refractivity contribution >= 4 is 34.6 Å². The van der Waals surface area contributed by atoms with E-state index in [1.54, 1.807) is 0 Å². The third-order valence-electron chi connectivity index (χ3n) is 8.25. The molecule has 2 aromatic heterocycles. The Kier molecular flexibility index (Phi) is 10.3. The number of rotatable bonds is 10. The zero-order valence-corrected chi connectivity index (χ0v) is 25.5. The average molecular weight is 693 g/mol. The van der Waals surface area contributed by atoms with Crippen LogP contribution in [0.5, 0.6) is 5.88 Å². The fourth-order valence-corrected chi connectivity index (χ4v) is 5.71. The third-order valence-corrected chi connectivity index (χ3v) is 8.25. The summed E-state index contributed by atoms with van der Waals surface area (Å²) in [4.78, 5) is 34.0. The van der Waals surface area contributed by atoms with Gasteiger partial charge in [0.05, 0.1) is 17.2 Å². The van der Waals surface area contributed by atoms with Crippen molar-refractivity contribution in [2.24, 2.45) is 13.0 Å². The predicted octanol–water partition coefficient (Wildman–Crippen LogP) is 6.02. The number of benzene rings is 1. The zero-order chi connectivity index (χ0) is 34.8. The standard InChI is InChI=1S/C30H32F8N6O4/c1-44-24-21(12-18(27(43-24)48-14-23(31)32)25(45)40-17-7-5-16(6-8-17)29(33,34)35)42-28(44)41-20-11-15(4-9-19(20)30(36,37)38)13-39-26(46)22-3-2-10-47-22/h4,9,11-12,16-17,22-23H,2-3,5-8,10,13-14H2,1H3,(H,39,46)(H,40,45)(H,41,42). The van der Waals surface area contributed by atoms with Gasteiger partial charge in [-0.25, -0.2) is 13.8 Å². The van der Waals surface area contributed by atoms with Gasteiger partial charge in [0.2, 0.25) is 17.7 Å². The molecule has 2 aliphatic rings. The summed E-state index contributed by atoms with van der Waals surface area (Å²) in [6.07, 6.45) is -11.8. The molecule has 1 aromatic carbocycles. The number of carbonyl (C=O) groups excluding carboxylic acids is 2. The van der Waals surface area contributed by atoms with E-state index in [0.29, 0.717) is 18.6 Å². The van der Waals surface area contributed by atoms with Gasteiger partial charge in [-0.05, 0) is 62.3 Å². The molecule has 1 atom stereocenters. The first-order valence-corrected chi connectivity index (χ1v) is 15.1. The Labute approximate surface area is 268 Å². The zero-order valence-electron chi connectivity index (χ0n) is 25.5. The van der Waals surface area contributed by atoms with Crippen LogP contribution in [0.4, 0.5) is 46.8 Å². The molecule has 48 heavy (non-hydrogen) atoms. The summed E-state index contributed by atoms with van der Waals surface area (Å²) in [5.74, 6) is -3.40. The number of nitrogens with zero attached hydrogens (tertiary/aromatic N) is 3. The van der Waals surface area contributed by atoms with E-state index in [1.165, 1.54) is 23.7 Å². The molecule has 1 saturated carbocycles. The van der Waals surface area contributed by atoms with E-state index < -0.39 is 66.5 Å². The van der Waals surface area contributed by atoms with Gasteiger partial charge in [-0.1, -0.05) is 6.07 Å². The van der Waals surface area contributed by atoms with Crippen molar-refractivity contribution in [3.05, 3.63) is 41.0 Å². The second-order valence-electron chi connectivity index (χ2n) is 11.7. The number of hydrogen-bond acceptors (Lipinski definition) is 7. The minimum Gasteiger partial charge on any atom is -0.471 e. The maximum absolute atomic E-state index is 14.0. The van der Waals surface area contributed by atoms with Crippen LogP contribution in [-0.4, -0.2) is 64.3 Å². The van der Waals surface area contributed by atoms with Gasteiger partial charge in [-0.15, -0.1) is 0 Å². The lowest BCUT2D eigenvalue weighted by molar-refractivity contribution is -0.182. The fraction of sp³-hybridized carbons (Fsp3) is 0.533. The quantitative estimate of drug-likeness (QED) is 0.223. The van der Waals surface area contributed by atoms with Gasteiger partial charge < -0.3 is 25.4 Å². The molecule has 3 aromatic rings. The van der Waals surface area contributed by atoms with Crippen LogP contribution < -0.4 is 20.7 Å². The summed E-state index contributed by atoms with van der Waals surface area (Å²) < 4.78 is 119. The molecule has 3 heterocycles. The molecule has 1 aliphatic heterocycles. The number of ether oxygens (including phenoxy) is 2. The highest BCUT2D eigenvalue weighted by Crippen LogP contribution is 2.39. The maximum atomic E-state index is 14.0. The topological polar surface area (TPSA) is 119 Å². The van der Waals surface area contributed by atoms with Gasteiger partial charge >= 0.3 is 12.4 Å². The number of amides is 2. The number of hydrogen-bond donors (Lipinski definition) is 3. The Bertz CT molecular complexity index is 1630. The molecule has 18 heteroatoms. The molecule has 1 saturated heterocycles. The van der Waals surface area contributed by atoms with Crippen LogP contribution in [0, 0.1) is 5.92 Å². The van der Waals surface area contributed by atoms with E-state index >= 15 is 0 Å². The Hall–Kier alpha value is -4.22. The summed E-state index contributed by atoms with van der Waals surface area (Å²) in [7, 11) is 1.39. The monoisotopic (exact) mass is 692 g/mol. The van der Waals surface area contributed by atoms with Crippen LogP contribution in [0.15, 0.2) is 24.3 Å². The first kappa shape index (κ1) is 35.1. The number of aryl methyl sites for hydroxylation is 1. The molecule has 10 nitrogen and oxygen atoms in total. The van der Waals surface area contributed by atoms with E-state index in [4.69, 9.17) is 9.47 Å². The van der Waals surface area contributed by atoms with Gasteiger partial charge in [-0.3, -0.25) is 14.2 Å². The highest BCUT2D eigenvalue weighted by atomic mass is 19.4. The van der Waals surface area contributed by atoms with Crippen molar-refractivity contribution in [3.8, 4) is 5.88 Å². The first-order chi connectivity index (χ1) is 22.6. The number of nitrogens with one attached hydrogen (secondary N) is 3. The number of anilines is 2. The molecular weight excluding hydrogens is 660 g/mol. The molecule has 5 rings (SSSR count). The summed E-state index contributed by atoms with van der Waals surface area (Å²) in [6, 6.07) is 3.78. The summed E-state index contributed by atoms with van der Waals surface area (Å²) in [5, 5.41) is 7.87. The van der Waals surface area contributed by atoms with Crippen molar-refractivity contribution in [2.75, 3.05) is 18.5 Å². The smallest absolute Gasteiger partial charge is 0.418 e. The minimum atomic E-state index is -4.79. The lowest BCUT2D eigenvalue weighted by atomic mass is 9.85. The second-order valence-corrected chi connectivity index (χ2v) is 11.7. The van der Waals surface area contributed by atoms with E-state index in [-0.39, 0.29) is 60.8 Å². The van der Waals surface area contributed by atoms with Crippen LogP contribution in [-0.2, 0) is 29.3 Å². The van der Waals surface area contributed by atoms with E-state index in [1.807, 2.05) is 0 Å². The number of halogens is 8. The van der Waals surface area contributed by atoms with Crippen molar-refractivity contribution in [1.29, 1.82) is 0 Å². The number of pyridine rings is 1. The molecule has 0 bridgehead atoms. The molecule has 2 amide bonds. The van der Waals surface area contributed by atoms with E-state index in [9.17, 15) is 44.7 Å². The van der Waals surface area contributed by atoms with Gasteiger partial charge in [0.1, 0.15) is 17.2 Å². The molecule has 0 radical (unpaired) electrons. The van der Waals surface area contributed by atoms with Crippen LogP contribution in [0.1, 0.15) is 60.0 Å². The van der Waals surface area contributed by atoms with Crippen molar-refractivity contribution < 1.29 is 54.2 Å². The minimum absolute atomic E-state index is 0.0103. The summed E-state index contributed by atoms with van der Waals surface area (Å²) in [6.45, 7) is -0.780. The Balaban J connectivity index is 1.41. The van der Waals surface area contributed by atoms with Crippen LogP contribution >= 0.6 is 0 Å². The molecule has 2 fully saturated rings. The largest absolute Gasteiger partial charge is 0.471 e. The van der Waals surface area contributed by atoms with Gasteiger partial charge in [0.25, 0.3) is 12.3 Å². The van der Waals surface area contributed by atoms with Crippen molar-refractivity contribution in [1.82, 2.24) is 25.2 Å². The van der Waals surface area contributed by atoms with Crippen LogP contribution in [0.3, 0.4) is 0 Å². The Morgan fingerprint density at radius 2 is 1.77 bits per heavy atom. The normalized spacial score (nSPS) is 20.2. The molecule has 0 spiro atoms. The number of alkyl halides is 8. The molecule has 3 N–H and O–H groups in total. The lowest BCUT2D eigenvalue weighted by Crippen LogP contribution is -2.40. The maximum Gasteiger partial charge on any atom is 0.418 e. The Morgan fingerprint density at radius 3 is 2.40 bits per heavy atom. The second kappa shape index (κ2) is 14.1. The summed E-state index contributed by atoms with van der Waals surface area (Å²) >= 11 is 0. The molecule has 1 aliphatic carbocycles. The molecule has 262 valence electrons.